The van der Waals surface area contributed by atoms with Crippen LogP contribution in [0.5, 0.6) is 5.88 Å². The average Bonchev–Trinajstić information content (AvgIpc) is 2.83. The Bertz CT molecular complexity index is 950. The number of rotatable bonds is 6. The molecule has 0 spiro atoms. The van der Waals surface area contributed by atoms with Crippen molar-refractivity contribution in [2.24, 2.45) is 0 Å². The number of pyridine rings is 2. The predicted molar refractivity (Wildman–Crippen MR) is 122 cm³/mol. The van der Waals surface area contributed by atoms with Crippen LogP contribution in [-0.2, 0) is 10.7 Å². The average molecular weight is 460 g/mol. The molecule has 2 aromatic heterocycles. The van der Waals surface area contributed by atoms with Gasteiger partial charge in [0.15, 0.2) is 0 Å². The number of aromatic nitrogens is 2. The summed E-state index contributed by atoms with van der Waals surface area (Å²) in [7, 11) is 1.29. The number of nitriles is 1. The van der Waals surface area contributed by atoms with Gasteiger partial charge in [0.1, 0.15) is 11.9 Å². The highest BCUT2D eigenvalue weighted by Gasteiger charge is 2.38. The van der Waals surface area contributed by atoms with E-state index in [4.69, 9.17) is 10.00 Å². The van der Waals surface area contributed by atoms with E-state index >= 15 is 0 Å². The van der Waals surface area contributed by atoms with Gasteiger partial charge in [-0.2, -0.15) is 5.26 Å². The topological polar surface area (TPSA) is 82.4 Å². The molecule has 1 aliphatic heterocycles. The van der Waals surface area contributed by atoms with Crippen molar-refractivity contribution in [1.29, 1.82) is 5.26 Å². The van der Waals surface area contributed by atoms with E-state index in [0.717, 1.165) is 5.82 Å². The lowest BCUT2D eigenvalue weighted by Crippen LogP contribution is -2.58. The lowest BCUT2D eigenvalue weighted by Gasteiger charge is -2.45. The molecule has 3 rings (SSSR count). The van der Waals surface area contributed by atoms with Gasteiger partial charge in [-0.25, -0.2) is 18.7 Å². The lowest BCUT2D eigenvalue weighted by atomic mass is 10.0. The van der Waals surface area contributed by atoms with Gasteiger partial charge in [-0.15, -0.1) is 0 Å². The highest BCUT2D eigenvalue weighted by atomic mass is 19.3. The summed E-state index contributed by atoms with van der Waals surface area (Å²) in [6.07, 6.45) is 2.00. The third-order valence-corrected chi connectivity index (χ3v) is 5.42. The zero-order chi connectivity index (χ0) is 24.6. The van der Waals surface area contributed by atoms with Crippen molar-refractivity contribution < 1.29 is 18.3 Å². The molecule has 1 aliphatic rings. The van der Waals surface area contributed by atoms with E-state index in [0.29, 0.717) is 18.7 Å². The maximum Gasteiger partial charge on any atom is 0.278 e. The quantitative estimate of drug-likeness (QED) is 0.638. The zero-order valence-electron chi connectivity index (χ0n) is 19.8. The zero-order valence-corrected chi connectivity index (χ0v) is 19.8. The van der Waals surface area contributed by atoms with E-state index < -0.39 is 12.3 Å². The number of hydrogen-bond donors (Lipinski definition) is 0. The van der Waals surface area contributed by atoms with Crippen LogP contribution in [0, 0.1) is 11.3 Å². The summed E-state index contributed by atoms with van der Waals surface area (Å²) in [5.41, 5.74) is 0.160. The summed E-state index contributed by atoms with van der Waals surface area (Å²) in [4.78, 5) is 24.6. The molecule has 3 heterocycles. The van der Waals surface area contributed by atoms with Crippen molar-refractivity contribution in [2.75, 3.05) is 25.1 Å². The maximum atomic E-state index is 14.7. The Morgan fingerprint density at radius 2 is 1.88 bits per heavy atom. The standard InChI is InChI=1S/C22H25F2N5O2.C2H6/c1-15-13-28(14-16(2)29(15)19-7-6-17(11-25)12-27-19)20(30)8-9-22(23,24)18-5-4-10-26-21(18)31-3;1-2/h4-7,10,12,15-16H,8-9,13-14H2,1-3H3;1-2H3. The van der Waals surface area contributed by atoms with Crippen molar-refractivity contribution in [3.05, 3.63) is 47.8 Å². The molecular formula is C24H31F2N5O2. The minimum atomic E-state index is -3.22. The molecule has 9 heteroatoms. The fourth-order valence-electron chi connectivity index (χ4n) is 3.97. The summed E-state index contributed by atoms with van der Waals surface area (Å²) in [5.74, 6) is -2.94. The Labute approximate surface area is 194 Å². The first-order chi connectivity index (χ1) is 15.8. The second-order valence-electron chi connectivity index (χ2n) is 7.69. The van der Waals surface area contributed by atoms with E-state index in [1.165, 1.54) is 31.6 Å². The normalized spacial score (nSPS) is 18.1. The van der Waals surface area contributed by atoms with E-state index in [2.05, 4.69) is 14.9 Å². The molecule has 0 aromatic carbocycles. The van der Waals surface area contributed by atoms with Crippen LogP contribution in [-0.4, -0.2) is 53.1 Å². The number of carbonyl (C=O) groups excluding carboxylic acids is 1. The summed E-state index contributed by atoms with van der Waals surface area (Å²) >= 11 is 0. The number of methoxy groups -OCH3 is 1. The Balaban J connectivity index is 0.00000187. The first kappa shape index (κ1) is 26.0. The van der Waals surface area contributed by atoms with Gasteiger partial charge in [-0.3, -0.25) is 4.79 Å². The van der Waals surface area contributed by atoms with E-state index in [-0.39, 0.29) is 35.9 Å². The molecule has 0 aliphatic carbocycles. The number of halogens is 2. The van der Waals surface area contributed by atoms with Crippen LogP contribution in [0.2, 0.25) is 0 Å². The first-order valence-electron chi connectivity index (χ1n) is 11.1. The Kier molecular flexibility index (Phi) is 9.09. The third-order valence-electron chi connectivity index (χ3n) is 5.42. The number of carbonyl (C=O) groups is 1. The smallest absolute Gasteiger partial charge is 0.278 e. The van der Waals surface area contributed by atoms with Gasteiger partial charge in [0.2, 0.25) is 11.8 Å². The fraction of sp³-hybridized carbons (Fsp3) is 0.500. The number of amides is 1. The third kappa shape index (κ3) is 6.15. The first-order valence-corrected chi connectivity index (χ1v) is 11.1. The number of anilines is 1. The molecular weight excluding hydrogens is 428 g/mol. The summed E-state index contributed by atoms with van der Waals surface area (Å²) in [5, 5.41) is 8.94. The van der Waals surface area contributed by atoms with E-state index in [1.54, 1.807) is 17.0 Å². The minimum absolute atomic E-state index is 0.0490. The van der Waals surface area contributed by atoms with Crippen molar-refractivity contribution >= 4 is 11.7 Å². The highest BCUT2D eigenvalue weighted by molar-refractivity contribution is 5.76. The van der Waals surface area contributed by atoms with Crippen molar-refractivity contribution in [3.63, 3.8) is 0 Å². The second-order valence-corrected chi connectivity index (χ2v) is 7.69. The van der Waals surface area contributed by atoms with Gasteiger partial charge < -0.3 is 14.5 Å². The van der Waals surface area contributed by atoms with Crippen molar-refractivity contribution in [1.82, 2.24) is 14.9 Å². The second kappa shape index (κ2) is 11.5. The summed E-state index contributed by atoms with van der Waals surface area (Å²) < 4.78 is 34.3. The highest BCUT2D eigenvalue weighted by Crippen LogP contribution is 2.37. The molecule has 2 unspecified atom stereocenters. The van der Waals surface area contributed by atoms with Crippen LogP contribution in [0.25, 0.3) is 0 Å². The van der Waals surface area contributed by atoms with Gasteiger partial charge >= 0.3 is 0 Å². The number of nitrogens with zero attached hydrogens (tertiary/aromatic N) is 5. The van der Waals surface area contributed by atoms with Crippen LogP contribution >= 0.6 is 0 Å². The Hall–Kier alpha value is -3.28. The largest absolute Gasteiger partial charge is 0.481 e. The Morgan fingerprint density at radius 1 is 1.21 bits per heavy atom. The molecule has 178 valence electrons. The molecule has 1 amide bonds. The van der Waals surface area contributed by atoms with Crippen LogP contribution in [0.1, 0.15) is 51.7 Å². The SMILES string of the molecule is CC.COc1ncccc1C(F)(F)CCC(=O)N1CC(C)N(c2ccc(C#N)cn2)C(C)C1. The molecule has 1 fully saturated rings. The van der Waals surface area contributed by atoms with Gasteiger partial charge in [0.25, 0.3) is 5.92 Å². The number of hydrogen-bond acceptors (Lipinski definition) is 6. The maximum absolute atomic E-state index is 14.7. The van der Waals surface area contributed by atoms with Crippen LogP contribution in [0.4, 0.5) is 14.6 Å². The number of alkyl halides is 2. The van der Waals surface area contributed by atoms with Crippen LogP contribution in [0.3, 0.4) is 0 Å². The van der Waals surface area contributed by atoms with E-state index in [1.807, 2.05) is 33.8 Å². The van der Waals surface area contributed by atoms with Crippen molar-refractivity contribution in [3.8, 4) is 11.9 Å². The van der Waals surface area contributed by atoms with Crippen molar-refractivity contribution in [2.45, 2.75) is 58.5 Å². The van der Waals surface area contributed by atoms with Gasteiger partial charge in [-0.05, 0) is 38.1 Å². The molecule has 2 aromatic rings. The lowest BCUT2D eigenvalue weighted by molar-refractivity contribution is -0.134. The van der Waals surface area contributed by atoms with Gasteiger partial charge in [-0.1, -0.05) is 13.8 Å². The molecule has 0 radical (unpaired) electrons. The minimum Gasteiger partial charge on any atom is -0.481 e. The van der Waals surface area contributed by atoms with Gasteiger partial charge in [0.05, 0.1) is 18.2 Å². The predicted octanol–water partition coefficient (Wildman–Crippen LogP) is 4.38. The molecule has 2 atom stereocenters. The Morgan fingerprint density at radius 3 is 2.42 bits per heavy atom. The monoisotopic (exact) mass is 459 g/mol. The van der Waals surface area contributed by atoms with E-state index in [9.17, 15) is 13.6 Å². The molecule has 0 saturated carbocycles. The van der Waals surface area contributed by atoms with Crippen LogP contribution in [0.15, 0.2) is 36.7 Å². The summed E-state index contributed by atoms with van der Waals surface area (Å²) in [6, 6.07) is 8.12. The van der Waals surface area contributed by atoms with Crippen LogP contribution < -0.4 is 9.64 Å². The molecule has 33 heavy (non-hydrogen) atoms. The molecule has 1 saturated heterocycles. The fourth-order valence-corrected chi connectivity index (χ4v) is 3.97. The molecule has 7 nitrogen and oxygen atoms in total. The molecule has 0 N–H and O–H groups in total. The molecule has 0 bridgehead atoms. The van der Waals surface area contributed by atoms with Gasteiger partial charge in [0, 0.05) is 50.4 Å². The number of piperazine rings is 1. The number of ether oxygens (including phenoxy) is 1. The summed E-state index contributed by atoms with van der Waals surface area (Å²) in [6.45, 7) is 8.75.